The molecule has 0 spiro atoms. The van der Waals surface area contributed by atoms with Crippen molar-refractivity contribution in [3.05, 3.63) is 69.7 Å². The van der Waals surface area contributed by atoms with Crippen LogP contribution in [0.4, 0.5) is 0 Å². The van der Waals surface area contributed by atoms with Gasteiger partial charge in [0.05, 0.1) is 16.6 Å². The molecule has 108 valence electrons. The molecular formula is C17H15Cl2NO. The smallest absolute Gasteiger partial charge is 0.255 e. The molecule has 1 fully saturated rings. The van der Waals surface area contributed by atoms with E-state index in [2.05, 4.69) is 12.1 Å². The summed E-state index contributed by atoms with van der Waals surface area (Å²) in [6.07, 6.45) is 2.00. The van der Waals surface area contributed by atoms with Crippen molar-refractivity contribution < 1.29 is 4.79 Å². The van der Waals surface area contributed by atoms with Crippen LogP contribution < -0.4 is 0 Å². The maximum absolute atomic E-state index is 12.8. The molecule has 2 nitrogen and oxygen atoms in total. The lowest BCUT2D eigenvalue weighted by atomic mass is 10.0. The van der Waals surface area contributed by atoms with Gasteiger partial charge in [0, 0.05) is 11.6 Å². The largest absolute Gasteiger partial charge is 0.332 e. The Labute approximate surface area is 134 Å². The number of halogens is 2. The van der Waals surface area contributed by atoms with Gasteiger partial charge in [0.1, 0.15) is 0 Å². The van der Waals surface area contributed by atoms with E-state index in [4.69, 9.17) is 23.2 Å². The third-order valence-electron chi connectivity index (χ3n) is 3.86. The van der Waals surface area contributed by atoms with E-state index in [0.717, 1.165) is 19.4 Å². The van der Waals surface area contributed by atoms with Gasteiger partial charge in [-0.05, 0) is 36.6 Å². The molecule has 3 rings (SSSR count). The zero-order valence-electron chi connectivity index (χ0n) is 11.4. The summed E-state index contributed by atoms with van der Waals surface area (Å²) in [6.45, 7) is 0.761. The number of benzene rings is 2. The van der Waals surface area contributed by atoms with E-state index in [9.17, 15) is 4.79 Å². The molecule has 0 N–H and O–H groups in total. The van der Waals surface area contributed by atoms with Gasteiger partial charge in [-0.1, -0.05) is 53.5 Å². The molecule has 1 saturated heterocycles. The molecule has 1 unspecified atom stereocenters. The first kappa shape index (κ1) is 14.4. The molecule has 2 aromatic rings. The fourth-order valence-electron chi connectivity index (χ4n) is 2.85. The number of rotatable bonds is 2. The highest BCUT2D eigenvalue weighted by Crippen LogP contribution is 2.34. The molecule has 1 aliphatic heterocycles. The molecule has 0 aromatic heterocycles. The Morgan fingerprint density at radius 3 is 2.57 bits per heavy atom. The summed E-state index contributed by atoms with van der Waals surface area (Å²) < 4.78 is 0. The molecule has 1 aliphatic rings. The quantitative estimate of drug-likeness (QED) is 0.765. The highest BCUT2D eigenvalue weighted by Gasteiger charge is 2.31. The normalized spacial score (nSPS) is 18.0. The van der Waals surface area contributed by atoms with E-state index in [-0.39, 0.29) is 11.9 Å². The summed E-state index contributed by atoms with van der Waals surface area (Å²) in [5, 5.41) is 0.948. The number of hydrogen-bond acceptors (Lipinski definition) is 1. The summed E-state index contributed by atoms with van der Waals surface area (Å²) in [6, 6.07) is 15.3. The lowest BCUT2D eigenvalue weighted by Crippen LogP contribution is -2.30. The third-order valence-corrected chi connectivity index (χ3v) is 4.41. The number of nitrogens with zero attached hydrogens (tertiary/aromatic N) is 1. The average molecular weight is 320 g/mol. The van der Waals surface area contributed by atoms with Crippen molar-refractivity contribution in [2.75, 3.05) is 6.54 Å². The lowest BCUT2D eigenvalue weighted by Gasteiger charge is -2.25. The lowest BCUT2D eigenvalue weighted by molar-refractivity contribution is 0.0736. The highest BCUT2D eigenvalue weighted by atomic mass is 35.5. The molecule has 1 amide bonds. The second kappa shape index (κ2) is 6.08. The summed E-state index contributed by atoms with van der Waals surface area (Å²) in [4.78, 5) is 14.7. The standard InChI is InChI=1S/C17H15Cl2NO/c18-13-8-9-14(15(19)11-13)17(21)20-10-4-7-16(20)12-5-2-1-3-6-12/h1-3,5-6,8-9,11,16H,4,7,10H2. The topological polar surface area (TPSA) is 20.3 Å². The minimum absolute atomic E-state index is 0.0250. The first-order chi connectivity index (χ1) is 10.2. The Balaban J connectivity index is 1.90. The van der Waals surface area contributed by atoms with Crippen molar-refractivity contribution in [2.24, 2.45) is 0 Å². The molecule has 0 saturated carbocycles. The van der Waals surface area contributed by atoms with Crippen molar-refractivity contribution in [1.29, 1.82) is 0 Å². The van der Waals surface area contributed by atoms with E-state index in [1.165, 1.54) is 5.56 Å². The fourth-order valence-corrected chi connectivity index (χ4v) is 3.34. The number of carbonyl (C=O) groups is 1. The fraction of sp³-hybridized carbons (Fsp3) is 0.235. The summed E-state index contributed by atoms with van der Waals surface area (Å²) in [5.74, 6) is -0.0250. The molecule has 21 heavy (non-hydrogen) atoms. The monoisotopic (exact) mass is 319 g/mol. The maximum Gasteiger partial charge on any atom is 0.255 e. The maximum atomic E-state index is 12.8. The van der Waals surface area contributed by atoms with Crippen LogP contribution in [0.5, 0.6) is 0 Å². The third kappa shape index (κ3) is 2.92. The Kier molecular flexibility index (Phi) is 4.18. The predicted octanol–water partition coefficient (Wildman–Crippen LogP) is 4.97. The van der Waals surface area contributed by atoms with E-state index >= 15 is 0 Å². The van der Waals surface area contributed by atoms with Crippen LogP contribution in [-0.2, 0) is 0 Å². The summed E-state index contributed by atoms with van der Waals surface area (Å²) in [5.41, 5.74) is 1.69. The van der Waals surface area contributed by atoms with Crippen LogP contribution in [0.15, 0.2) is 48.5 Å². The van der Waals surface area contributed by atoms with Gasteiger partial charge in [0.15, 0.2) is 0 Å². The first-order valence-electron chi connectivity index (χ1n) is 6.98. The second-order valence-electron chi connectivity index (χ2n) is 5.19. The van der Waals surface area contributed by atoms with Gasteiger partial charge in [-0.2, -0.15) is 0 Å². The number of carbonyl (C=O) groups excluding carboxylic acids is 1. The van der Waals surface area contributed by atoms with Crippen LogP contribution in [0.3, 0.4) is 0 Å². The van der Waals surface area contributed by atoms with Gasteiger partial charge in [0.2, 0.25) is 0 Å². The predicted molar refractivity (Wildman–Crippen MR) is 85.9 cm³/mol. The van der Waals surface area contributed by atoms with Gasteiger partial charge in [0.25, 0.3) is 5.91 Å². The zero-order chi connectivity index (χ0) is 14.8. The van der Waals surface area contributed by atoms with Crippen LogP contribution in [0.25, 0.3) is 0 Å². The Bertz CT molecular complexity index is 657. The number of hydrogen-bond donors (Lipinski definition) is 0. The Hall–Kier alpha value is -1.51. The van der Waals surface area contributed by atoms with Crippen LogP contribution >= 0.6 is 23.2 Å². The zero-order valence-corrected chi connectivity index (χ0v) is 12.9. The second-order valence-corrected chi connectivity index (χ2v) is 6.04. The first-order valence-corrected chi connectivity index (χ1v) is 7.73. The molecule has 4 heteroatoms. The van der Waals surface area contributed by atoms with Crippen molar-refractivity contribution in [2.45, 2.75) is 18.9 Å². The van der Waals surface area contributed by atoms with Crippen LogP contribution in [0, 0.1) is 0 Å². The van der Waals surface area contributed by atoms with Gasteiger partial charge in [-0.25, -0.2) is 0 Å². The molecule has 2 aromatic carbocycles. The number of amides is 1. The van der Waals surface area contributed by atoms with Gasteiger partial charge >= 0.3 is 0 Å². The molecule has 1 heterocycles. The van der Waals surface area contributed by atoms with E-state index in [0.29, 0.717) is 15.6 Å². The van der Waals surface area contributed by atoms with Crippen molar-refractivity contribution in [3.8, 4) is 0 Å². The molecule has 1 atom stereocenters. The van der Waals surface area contributed by atoms with E-state index in [1.807, 2.05) is 23.1 Å². The minimum atomic E-state index is -0.0250. The Morgan fingerprint density at radius 1 is 1.10 bits per heavy atom. The van der Waals surface area contributed by atoms with Crippen molar-refractivity contribution in [3.63, 3.8) is 0 Å². The minimum Gasteiger partial charge on any atom is -0.332 e. The molecule has 0 bridgehead atoms. The van der Waals surface area contributed by atoms with Gasteiger partial charge < -0.3 is 4.90 Å². The van der Waals surface area contributed by atoms with Crippen LogP contribution in [0.1, 0.15) is 34.8 Å². The van der Waals surface area contributed by atoms with E-state index in [1.54, 1.807) is 18.2 Å². The molecular weight excluding hydrogens is 305 g/mol. The summed E-state index contributed by atoms with van der Waals surface area (Å²) in [7, 11) is 0. The Morgan fingerprint density at radius 2 is 1.86 bits per heavy atom. The van der Waals surface area contributed by atoms with Gasteiger partial charge in [-0.3, -0.25) is 4.79 Å². The van der Waals surface area contributed by atoms with Crippen molar-refractivity contribution >= 4 is 29.1 Å². The van der Waals surface area contributed by atoms with E-state index < -0.39 is 0 Å². The van der Waals surface area contributed by atoms with Crippen molar-refractivity contribution in [1.82, 2.24) is 4.90 Å². The summed E-state index contributed by atoms with van der Waals surface area (Å²) >= 11 is 12.1. The molecule has 0 radical (unpaired) electrons. The number of likely N-dealkylation sites (tertiary alicyclic amines) is 1. The van der Waals surface area contributed by atoms with Crippen LogP contribution in [-0.4, -0.2) is 17.4 Å². The average Bonchev–Trinajstić information content (AvgIpc) is 2.97. The van der Waals surface area contributed by atoms with Gasteiger partial charge in [-0.15, -0.1) is 0 Å². The highest BCUT2D eigenvalue weighted by molar-refractivity contribution is 6.36. The molecule has 0 aliphatic carbocycles. The SMILES string of the molecule is O=C(c1ccc(Cl)cc1Cl)N1CCCC1c1ccccc1. The van der Waals surface area contributed by atoms with Crippen LogP contribution in [0.2, 0.25) is 10.0 Å².